The molecule has 1 radical (unpaired) electrons. The van der Waals surface area contributed by atoms with E-state index in [1.807, 2.05) is 19.2 Å². The summed E-state index contributed by atoms with van der Waals surface area (Å²) >= 11 is 1.52. The van der Waals surface area contributed by atoms with Gasteiger partial charge in [-0.1, -0.05) is 0 Å². The summed E-state index contributed by atoms with van der Waals surface area (Å²) in [5, 5.41) is 13.4. The summed E-state index contributed by atoms with van der Waals surface area (Å²) in [5.41, 5.74) is 0.541. The quantitative estimate of drug-likeness (QED) is 0.622. The third-order valence-corrected chi connectivity index (χ3v) is 2.14. The molecule has 11 heavy (non-hydrogen) atoms. The van der Waals surface area contributed by atoms with E-state index in [2.05, 4.69) is 11.3 Å². The molecule has 0 aliphatic carbocycles. The largest absolute Gasteiger partial charge is 0.257 e. The lowest BCUT2D eigenvalue weighted by molar-refractivity contribution is 0.604. The van der Waals surface area contributed by atoms with Gasteiger partial charge in [0.05, 0.1) is 0 Å². The lowest BCUT2D eigenvalue weighted by Gasteiger charge is -1.99. The van der Waals surface area contributed by atoms with Crippen molar-refractivity contribution in [3.63, 3.8) is 0 Å². The third-order valence-electron chi connectivity index (χ3n) is 1.34. The highest BCUT2D eigenvalue weighted by molar-refractivity contribution is 7.98. The molecule has 0 saturated carbocycles. The normalized spacial score (nSPS) is 9.55. The van der Waals surface area contributed by atoms with Crippen molar-refractivity contribution in [1.82, 2.24) is 9.78 Å². The standard InChI is InChI=1S/C7H8N3S/c1-3-10-7(11-2)6(4-8)5-9-10/h3H2,1-2H3. The Morgan fingerprint density at radius 1 is 1.82 bits per heavy atom. The van der Waals surface area contributed by atoms with Crippen LogP contribution in [0.25, 0.3) is 0 Å². The summed E-state index contributed by atoms with van der Waals surface area (Å²) in [4.78, 5) is 0. The highest BCUT2D eigenvalue weighted by atomic mass is 32.2. The molecule has 0 N–H and O–H groups in total. The molecule has 1 aromatic rings. The monoisotopic (exact) mass is 166 g/mol. The van der Waals surface area contributed by atoms with Crippen molar-refractivity contribution in [3.8, 4) is 6.07 Å². The predicted octanol–water partition coefficient (Wildman–Crippen LogP) is 1.30. The Kier molecular flexibility index (Phi) is 2.55. The zero-order chi connectivity index (χ0) is 8.27. The van der Waals surface area contributed by atoms with Crippen LogP contribution in [0.3, 0.4) is 0 Å². The van der Waals surface area contributed by atoms with Gasteiger partial charge in [-0.15, -0.1) is 11.8 Å². The number of aryl methyl sites for hydroxylation is 1. The van der Waals surface area contributed by atoms with Crippen LogP contribution in [-0.2, 0) is 6.54 Å². The minimum Gasteiger partial charge on any atom is -0.257 e. The maximum absolute atomic E-state index is 8.61. The van der Waals surface area contributed by atoms with Crippen molar-refractivity contribution in [3.05, 3.63) is 11.8 Å². The van der Waals surface area contributed by atoms with Crippen molar-refractivity contribution in [1.29, 1.82) is 5.26 Å². The molecule has 0 amide bonds. The predicted molar refractivity (Wildman–Crippen MR) is 43.2 cm³/mol. The fourth-order valence-corrected chi connectivity index (χ4v) is 1.50. The first-order chi connectivity index (χ1) is 5.33. The van der Waals surface area contributed by atoms with Gasteiger partial charge >= 0.3 is 0 Å². The van der Waals surface area contributed by atoms with Gasteiger partial charge in [0, 0.05) is 6.54 Å². The summed E-state index contributed by atoms with van der Waals surface area (Å²) in [6, 6.07) is 2.04. The van der Waals surface area contributed by atoms with E-state index in [9.17, 15) is 0 Å². The molecule has 0 atom stereocenters. The van der Waals surface area contributed by atoms with Crippen LogP contribution in [0, 0.1) is 17.5 Å². The van der Waals surface area contributed by atoms with E-state index < -0.39 is 0 Å². The number of hydrogen-bond donors (Lipinski definition) is 0. The molecule has 4 heteroatoms. The van der Waals surface area contributed by atoms with E-state index in [0.717, 1.165) is 11.6 Å². The Morgan fingerprint density at radius 3 is 3.00 bits per heavy atom. The van der Waals surface area contributed by atoms with Gasteiger partial charge in [-0.25, -0.2) is 0 Å². The van der Waals surface area contributed by atoms with Crippen LogP contribution in [0.1, 0.15) is 12.5 Å². The van der Waals surface area contributed by atoms with E-state index >= 15 is 0 Å². The Morgan fingerprint density at radius 2 is 2.55 bits per heavy atom. The number of rotatable bonds is 2. The zero-order valence-electron chi connectivity index (χ0n) is 6.46. The highest BCUT2D eigenvalue weighted by Crippen LogP contribution is 2.18. The van der Waals surface area contributed by atoms with Crippen LogP contribution in [0.15, 0.2) is 5.03 Å². The highest BCUT2D eigenvalue weighted by Gasteiger charge is 2.07. The van der Waals surface area contributed by atoms with Gasteiger partial charge in [-0.2, -0.15) is 10.4 Å². The molecule has 0 spiro atoms. The Bertz CT molecular complexity index is 284. The van der Waals surface area contributed by atoms with Crippen LogP contribution < -0.4 is 0 Å². The number of nitriles is 1. The van der Waals surface area contributed by atoms with Gasteiger partial charge in [0.1, 0.15) is 22.9 Å². The van der Waals surface area contributed by atoms with Crippen molar-refractivity contribution in [2.24, 2.45) is 0 Å². The summed E-state index contributed by atoms with van der Waals surface area (Å²) in [6.45, 7) is 2.77. The first-order valence-electron chi connectivity index (χ1n) is 3.26. The smallest absolute Gasteiger partial charge is 0.133 e. The van der Waals surface area contributed by atoms with Crippen molar-refractivity contribution < 1.29 is 0 Å². The summed E-state index contributed by atoms with van der Waals surface area (Å²) in [5.74, 6) is 0. The number of hydrogen-bond acceptors (Lipinski definition) is 3. The molecule has 1 aromatic heterocycles. The molecule has 0 aromatic carbocycles. The van der Waals surface area contributed by atoms with Crippen LogP contribution in [0.4, 0.5) is 0 Å². The number of thioether (sulfide) groups is 1. The van der Waals surface area contributed by atoms with E-state index in [-0.39, 0.29) is 0 Å². The van der Waals surface area contributed by atoms with Crippen molar-refractivity contribution in [2.75, 3.05) is 6.26 Å². The lowest BCUT2D eigenvalue weighted by atomic mass is 10.4. The number of aromatic nitrogens is 2. The Hall–Kier alpha value is -0.950. The summed E-state index contributed by atoms with van der Waals surface area (Å²) in [6.07, 6.45) is 4.59. The second-order valence-electron chi connectivity index (χ2n) is 1.92. The minimum absolute atomic E-state index is 0.541. The molecule has 0 saturated heterocycles. The van der Waals surface area contributed by atoms with Gasteiger partial charge in [0.25, 0.3) is 0 Å². The average molecular weight is 166 g/mol. The van der Waals surface area contributed by atoms with Gasteiger partial charge in [-0.05, 0) is 13.2 Å². The van der Waals surface area contributed by atoms with Crippen LogP contribution in [0.5, 0.6) is 0 Å². The van der Waals surface area contributed by atoms with E-state index in [4.69, 9.17) is 5.26 Å². The third kappa shape index (κ3) is 1.38. The van der Waals surface area contributed by atoms with Gasteiger partial charge in [0.15, 0.2) is 0 Å². The maximum atomic E-state index is 8.61. The van der Waals surface area contributed by atoms with Gasteiger partial charge < -0.3 is 0 Å². The fourth-order valence-electron chi connectivity index (χ4n) is 0.827. The van der Waals surface area contributed by atoms with Crippen LogP contribution in [-0.4, -0.2) is 16.0 Å². The fraction of sp³-hybridized carbons (Fsp3) is 0.429. The molecule has 0 bridgehead atoms. The first kappa shape index (κ1) is 8.15. The average Bonchev–Trinajstić information content (AvgIpc) is 2.45. The summed E-state index contributed by atoms with van der Waals surface area (Å²) in [7, 11) is 0. The maximum Gasteiger partial charge on any atom is 0.133 e. The molecular weight excluding hydrogens is 158 g/mol. The molecule has 0 aliphatic heterocycles. The molecule has 3 nitrogen and oxygen atoms in total. The molecule has 0 fully saturated rings. The molecule has 0 unspecified atom stereocenters. The second kappa shape index (κ2) is 3.44. The Labute approximate surface area is 70.0 Å². The Balaban J connectivity index is 3.12. The summed E-state index contributed by atoms with van der Waals surface area (Å²) < 4.78 is 1.77. The molecule has 1 rings (SSSR count). The van der Waals surface area contributed by atoms with E-state index in [0.29, 0.717) is 5.56 Å². The van der Waals surface area contributed by atoms with Gasteiger partial charge in [-0.3, -0.25) is 4.68 Å². The molecule has 57 valence electrons. The van der Waals surface area contributed by atoms with E-state index in [1.54, 1.807) is 4.68 Å². The van der Waals surface area contributed by atoms with Crippen molar-refractivity contribution in [2.45, 2.75) is 18.5 Å². The minimum atomic E-state index is 0.541. The first-order valence-corrected chi connectivity index (χ1v) is 4.48. The topological polar surface area (TPSA) is 41.6 Å². The molecule has 1 heterocycles. The lowest BCUT2D eigenvalue weighted by Crippen LogP contribution is -1.97. The molecule has 0 aliphatic rings. The van der Waals surface area contributed by atoms with Crippen LogP contribution in [0.2, 0.25) is 0 Å². The molecular formula is C7H8N3S. The SMILES string of the molecule is CCn1n[c]c(C#N)c1SC. The van der Waals surface area contributed by atoms with Crippen LogP contribution >= 0.6 is 11.8 Å². The van der Waals surface area contributed by atoms with Crippen molar-refractivity contribution >= 4 is 11.8 Å². The number of nitrogens with zero attached hydrogens (tertiary/aromatic N) is 3. The van der Waals surface area contributed by atoms with Gasteiger partial charge in [0.2, 0.25) is 0 Å². The second-order valence-corrected chi connectivity index (χ2v) is 2.72. The van der Waals surface area contributed by atoms with E-state index in [1.165, 1.54) is 11.8 Å². The zero-order valence-corrected chi connectivity index (χ0v) is 7.27.